The molecule has 2 N–H and O–H groups in total. The van der Waals surface area contributed by atoms with Crippen LogP contribution in [-0.4, -0.2) is 70.1 Å². The molecular weight excluding hydrogens is 467 g/mol. The molecule has 2 amide bonds. The number of nitrogens with zero attached hydrogens (tertiary/aromatic N) is 3. The van der Waals surface area contributed by atoms with Gasteiger partial charge in [0.2, 0.25) is 11.8 Å². The van der Waals surface area contributed by atoms with Crippen molar-refractivity contribution < 1.29 is 22.8 Å². The van der Waals surface area contributed by atoms with Crippen LogP contribution in [0.5, 0.6) is 0 Å². The molecule has 180 valence electrons. The fourth-order valence-corrected chi connectivity index (χ4v) is 4.57. The predicted octanol–water partition coefficient (Wildman–Crippen LogP) is 3.77. The highest BCUT2D eigenvalue weighted by atomic mass is 32.2. The van der Waals surface area contributed by atoms with Gasteiger partial charge in [-0.1, -0.05) is 30.0 Å². The number of benzene rings is 2. The molecule has 7 nitrogen and oxygen atoms in total. The van der Waals surface area contributed by atoms with Gasteiger partial charge >= 0.3 is 6.18 Å². The Balaban J connectivity index is 1.23. The van der Waals surface area contributed by atoms with E-state index in [1.165, 1.54) is 30.0 Å². The van der Waals surface area contributed by atoms with Gasteiger partial charge in [0.05, 0.1) is 34.6 Å². The van der Waals surface area contributed by atoms with E-state index in [0.717, 1.165) is 22.7 Å². The number of rotatable bonds is 6. The van der Waals surface area contributed by atoms with Crippen LogP contribution in [0, 0.1) is 6.92 Å². The molecule has 0 atom stereocenters. The molecule has 34 heavy (non-hydrogen) atoms. The van der Waals surface area contributed by atoms with Crippen molar-refractivity contribution in [1.29, 1.82) is 0 Å². The third-order valence-electron chi connectivity index (χ3n) is 5.55. The van der Waals surface area contributed by atoms with Crippen LogP contribution < -0.4 is 5.32 Å². The number of H-pyrrole nitrogens is 1. The molecule has 11 heteroatoms. The maximum absolute atomic E-state index is 13.1. The Kier molecular flexibility index (Phi) is 7.13. The molecule has 3 aromatic rings. The number of hydrogen-bond acceptors (Lipinski definition) is 5. The molecule has 0 unspecified atom stereocenters. The van der Waals surface area contributed by atoms with Crippen molar-refractivity contribution >= 4 is 40.3 Å². The van der Waals surface area contributed by atoms with Gasteiger partial charge in [0.15, 0.2) is 5.16 Å². The first-order chi connectivity index (χ1) is 16.2. The summed E-state index contributed by atoms with van der Waals surface area (Å²) >= 11 is 1.34. The number of halogens is 3. The first kappa shape index (κ1) is 24.1. The van der Waals surface area contributed by atoms with Crippen LogP contribution in [-0.2, 0) is 15.8 Å². The zero-order chi connectivity index (χ0) is 24.3. The first-order valence-corrected chi connectivity index (χ1v) is 11.7. The molecule has 0 radical (unpaired) electrons. The number of thioether (sulfide) groups is 1. The van der Waals surface area contributed by atoms with Crippen molar-refractivity contribution in [3.8, 4) is 0 Å². The van der Waals surface area contributed by atoms with E-state index in [-0.39, 0.29) is 23.9 Å². The third kappa shape index (κ3) is 5.89. The van der Waals surface area contributed by atoms with E-state index in [4.69, 9.17) is 0 Å². The lowest BCUT2D eigenvalue weighted by Gasteiger charge is -2.34. The number of aromatic nitrogens is 2. The highest BCUT2D eigenvalue weighted by Gasteiger charge is 2.33. The zero-order valence-electron chi connectivity index (χ0n) is 18.5. The Morgan fingerprint density at radius 1 is 1.12 bits per heavy atom. The Labute approximate surface area is 198 Å². The number of nitrogens with one attached hydrogen (secondary N) is 2. The minimum atomic E-state index is -4.55. The van der Waals surface area contributed by atoms with Gasteiger partial charge in [0, 0.05) is 26.2 Å². The summed E-state index contributed by atoms with van der Waals surface area (Å²) in [5, 5.41) is 3.04. The van der Waals surface area contributed by atoms with E-state index in [0.29, 0.717) is 31.3 Å². The highest BCUT2D eigenvalue weighted by molar-refractivity contribution is 7.99. The fraction of sp³-hybridized carbons (Fsp3) is 0.348. The van der Waals surface area contributed by atoms with E-state index in [1.54, 1.807) is 4.90 Å². The normalized spacial score (nSPS) is 15.0. The highest BCUT2D eigenvalue weighted by Crippen LogP contribution is 2.34. The maximum Gasteiger partial charge on any atom is 0.418 e. The molecule has 0 saturated carbocycles. The van der Waals surface area contributed by atoms with E-state index >= 15 is 0 Å². The van der Waals surface area contributed by atoms with Gasteiger partial charge < -0.3 is 15.2 Å². The number of hydrogen-bond donors (Lipinski definition) is 2. The summed E-state index contributed by atoms with van der Waals surface area (Å²) in [5.41, 5.74) is 1.77. The molecule has 1 aliphatic rings. The van der Waals surface area contributed by atoms with Gasteiger partial charge in [-0.15, -0.1) is 0 Å². The fourth-order valence-electron chi connectivity index (χ4n) is 3.78. The zero-order valence-corrected chi connectivity index (χ0v) is 19.3. The maximum atomic E-state index is 13.1. The molecule has 2 aromatic carbocycles. The number of anilines is 1. The van der Waals surface area contributed by atoms with Gasteiger partial charge in [-0.25, -0.2) is 4.98 Å². The second kappa shape index (κ2) is 10.1. The van der Waals surface area contributed by atoms with Crippen molar-refractivity contribution in [2.24, 2.45) is 0 Å². The van der Waals surface area contributed by atoms with E-state index < -0.39 is 17.6 Å². The minimum absolute atomic E-state index is 0.0233. The molecule has 0 bridgehead atoms. The smallest absolute Gasteiger partial charge is 0.339 e. The van der Waals surface area contributed by atoms with Crippen molar-refractivity contribution in [3.05, 3.63) is 53.6 Å². The second-order valence-corrected chi connectivity index (χ2v) is 9.06. The summed E-state index contributed by atoms with van der Waals surface area (Å²) in [6.45, 7) is 3.79. The van der Waals surface area contributed by atoms with Gasteiger partial charge in [0.1, 0.15) is 0 Å². The van der Waals surface area contributed by atoms with Crippen LogP contribution in [0.4, 0.5) is 18.9 Å². The second-order valence-electron chi connectivity index (χ2n) is 8.10. The number of fused-ring (bicyclic) bond motifs is 1. The number of aryl methyl sites for hydroxylation is 1. The number of amides is 2. The van der Waals surface area contributed by atoms with E-state index in [9.17, 15) is 22.8 Å². The van der Waals surface area contributed by atoms with Crippen LogP contribution in [0.3, 0.4) is 0 Å². The lowest BCUT2D eigenvalue weighted by Crippen LogP contribution is -2.50. The van der Waals surface area contributed by atoms with Gasteiger partial charge in [-0.05, 0) is 36.8 Å². The third-order valence-corrected chi connectivity index (χ3v) is 6.40. The largest absolute Gasteiger partial charge is 0.418 e. The Morgan fingerprint density at radius 2 is 1.85 bits per heavy atom. The Morgan fingerprint density at radius 3 is 2.59 bits per heavy atom. The molecule has 2 heterocycles. The topological polar surface area (TPSA) is 81.3 Å². The summed E-state index contributed by atoms with van der Waals surface area (Å²) < 4.78 is 39.3. The quantitative estimate of drug-likeness (QED) is 0.513. The Bertz CT molecular complexity index is 1190. The summed E-state index contributed by atoms with van der Waals surface area (Å²) in [6.07, 6.45) is -4.55. The van der Waals surface area contributed by atoms with Crippen molar-refractivity contribution in [2.75, 3.05) is 43.8 Å². The standard InChI is InChI=1S/C23H24F3N5O2S/c1-15-6-7-18-19(12-15)29-22(28-18)34-14-21(33)31-10-8-30(9-11-31)13-20(32)27-17-5-3-2-4-16(17)23(24,25)26/h2-7,12H,8-11,13-14H2,1H3,(H,27,32)(H,28,29). The number of piperazine rings is 1. The van der Waals surface area contributed by atoms with Crippen molar-refractivity contribution in [3.63, 3.8) is 0 Å². The molecular formula is C23H24F3N5O2S. The number of alkyl halides is 3. The summed E-state index contributed by atoms with van der Waals surface area (Å²) in [5.74, 6) is -0.301. The minimum Gasteiger partial charge on any atom is -0.339 e. The number of para-hydroxylation sites is 1. The first-order valence-electron chi connectivity index (χ1n) is 10.7. The van der Waals surface area contributed by atoms with Crippen molar-refractivity contribution in [1.82, 2.24) is 19.8 Å². The SMILES string of the molecule is Cc1ccc2nc(SCC(=O)N3CCN(CC(=O)Nc4ccccc4C(F)(F)F)CC3)[nH]c2c1. The molecule has 1 fully saturated rings. The predicted molar refractivity (Wildman–Crippen MR) is 125 cm³/mol. The van der Waals surface area contributed by atoms with Gasteiger partial charge in [0.25, 0.3) is 0 Å². The average molecular weight is 492 g/mol. The number of carbonyl (C=O) groups excluding carboxylic acids is 2. The average Bonchev–Trinajstić information content (AvgIpc) is 3.19. The lowest BCUT2D eigenvalue weighted by atomic mass is 10.1. The monoisotopic (exact) mass is 491 g/mol. The molecule has 1 aliphatic heterocycles. The molecule has 1 aromatic heterocycles. The van der Waals surface area contributed by atoms with Crippen LogP contribution in [0.25, 0.3) is 11.0 Å². The van der Waals surface area contributed by atoms with Crippen LogP contribution >= 0.6 is 11.8 Å². The molecule has 1 saturated heterocycles. The van der Waals surface area contributed by atoms with Crippen molar-refractivity contribution in [2.45, 2.75) is 18.3 Å². The molecule has 4 rings (SSSR count). The Hall–Kier alpha value is -3.05. The van der Waals surface area contributed by atoms with Crippen LogP contribution in [0.1, 0.15) is 11.1 Å². The summed E-state index contributed by atoms with van der Waals surface area (Å²) in [6, 6.07) is 10.8. The van der Waals surface area contributed by atoms with Crippen LogP contribution in [0.2, 0.25) is 0 Å². The molecule has 0 aliphatic carbocycles. The summed E-state index contributed by atoms with van der Waals surface area (Å²) in [4.78, 5) is 36.2. The molecule has 0 spiro atoms. The number of carbonyl (C=O) groups is 2. The van der Waals surface area contributed by atoms with Gasteiger partial charge in [-0.3, -0.25) is 14.5 Å². The summed E-state index contributed by atoms with van der Waals surface area (Å²) in [7, 11) is 0. The number of imidazole rings is 1. The van der Waals surface area contributed by atoms with E-state index in [2.05, 4.69) is 15.3 Å². The van der Waals surface area contributed by atoms with Crippen LogP contribution in [0.15, 0.2) is 47.6 Å². The van der Waals surface area contributed by atoms with E-state index in [1.807, 2.05) is 30.0 Å². The van der Waals surface area contributed by atoms with Gasteiger partial charge in [-0.2, -0.15) is 13.2 Å². The lowest BCUT2D eigenvalue weighted by molar-refractivity contribution is -0.137. The number of aromatic amines is 1.